The number of carbonyl (C=O) groups is 1. The number of benzene rings is 2. The van der Waals surface area contributed by atoms with E-state index in [0.717, 1.165) is 6.42 Å². The van der Waals surface area contributed by atoms with E-state index < -0.39 is 6.10 Å². The lowest BCUT2D eigenvalue weighted by atomic mass is 9.69. The highest BCUT2D eigenvalue weighted by Gasteiger charge is 2.28. The number of hydrogen-bond acceptors (Lipinski definition) is 4. The zero-order chi connectivity index (χ0) is 18.0. The molecule has 129 valence electrons. The number of aromatic hydroxyl groups is 1. The third-order valence-corrected chi connectivity index (χ3v) is 4.40. The molecule has 1 amide bonds. The second-order valence-corrected chi connectivity index (χ2v) is 7.04. The number of phenols is 1. The molecule has 1 aliphatic heterocycles. The summed E-state index contributed by atoms with van der Waals surface area (Å²) in [6, 6.07) is 13.3. The van der Waals surface area contributed by atoms with Crippen molar-refractivity contribution in [3.63, 3.8) is 0 Å². The molecule has 1 heterocycles. The monoisotopic (exact) mass is 337 g/mol. The predicted octanol–water partition coefficient (Wildman–Crippen LogP) is 1.91. The van der Waals surface area contributed by atoms with Crippen LogP contribution in [0.4, 0.5) is 10.5 Å². The molecule has 0 aliphatic carbocycles. The molecule has 0 bridgehead atoms. The molecule has 0 aromatic heterocycles. The van der Waals surface area contributed by atoms with Gasteiger partial charge in [-0.05, 0) is 42.9 Å². The second-order valence-electron chi connectivity index (χ2n) is 7.04. The number of carbonyl (C=O) groups excluding carboxylic acids is 1. The maximum Gasteiger partial charge on any atom is 0.274 e. The molecule has 3 rings (SSSR count). The summed E-state index contributed by atoms with van der Waals surface area (Å²) in [5, 5.41) is 26.4. The Morgan fingerprint density at radius 2 is 1.92 bits per heavy atom. The molecule has 1 radical (unpaired) electrons. The van der Waals surface area contributed by atoms with Crippen LogP contribution in [0.5, 0.6) is 5.75 Å². The quantitative estimate of drug-likeness (QED) is 0.479. The lowest BCUT2D eigenvalue weighted by Crippen LogP contribution is -2.44. The molecule has 25 heavy (non-hydrogen) atoms. The summed E-state index contributed by atoms with van der Waals surface area (Å²) in [6.07, 6.45) is 0.0498. The summed E-state index contributed by atoms with van der Waals surface area (Å²) < 4.78 is 0. The largest absolute Gasteiger partial charge is 0.506 e. The number of hydrogen-bond donors (Lipinski definition) is 4. The molecule has 1 atom stereocenters. The van der Waals surface area contributed by atoms with Gasteiger partial charge in [0.05, 0.1) is 11.8 Å². The van der Waals surface area contributed by atoms with E-state index in [0.29, 0.717) is 23.3 Å². The van der Waals surface area contributed by atoms with Gasteiger partial charge in [0.2, 0.25) is 0 Å². The first-order valence-electron chi connectivity index (χ1n) is 8.34. The summed E-state index contributed by atoms with van der Waals surface area (Å²) in [7, 11) is 1.41. The van der Waals surface area contributed by atoms with E-state index in [1.54, 1.807) is 6.07 Å². The van der Waals surface area contributed by atoms with Gasteiger partial charge in [-0.15, -0.1) is 0 Å². The number of β-amino-alcohol motifs (C(OH)–C–C–N with tert-alkyl or cyclic N) is 1. The Hall–Kier alpha value is -2.31. The van der Waals surface area contributed by atoms with Crippen molar-refractivity contribution < 1.29 is 15.0 Å². The number of amides is 1. The zero-order valence-corrected chi connectivity index (χ0v) is 14.4. The molecular formula is C19H22BN2O3. The number of nitrogens with one attached hydrogen (secondary N) is 2. The zero-order valence-electron chi connectivity index (χ0n) is 14.4. The molecule has 0 fully saturated rings. The number of fused-ring (bicyclic) bond motifs is 1. The van der Waals surface area contributed by atoms with Gasteiger partial charge in [0.25, 0.3) is 7.28 Å². The van der Waals surface area contributed by atoms with E-state index >= 15 is 0 Å². The van der Waals surface area contributed by atoms with E-state index in [-0.39, 0.29) is 17.1 Å². The van der Waals surface area contributed by atoms with Crippen LogP contribution in [-0.2, 0) is 6.42 Å². The van der Waals surface area contributed by atoms with Crippen molar-refractivity contribution in [2.75, 3.05) is 11.9 Å². The lowest BCUT2D eigenvalue weighted by molar-refractivity contribution is 0.161. The number of rotatable bonds is 6. The highest BCUT2D eigenvalue weighted by molar-refractivity contribution is 6.89. The highest BCUT2D eigenvalue weighted by atomic mass is 16.3. The fourth-order valence-electron chi connectivity index (χ4n) is 3.14. The van der Waals surface area contributed by atoms with E-state index in [2.05, 4.69) is 36.6 Å². The van der Waals surface area contributed by atoms with Crippen LogP contribution in [0.1, 0.15) is 31.1 Å². The average Bonchev–Trinajstić information content (AvgIpc) is 2.96. The van der Waals surface area contributed by atoms with Gasteiger partial charge < -0.3 is 20.8 Å². The summed E-state index contributed by atoms with van der Waals surface area (Å²) >= 11 is 0. The Labute approximate surface area is 148 Å². The Morgan fingerprint density at radius 3 is 2.64 bits per heavy atom. The Balaban J connectivity index is 1.68. The number of aliphatic hydroxyl groups excluding tert-OH is 1. The van der Waals surface area contributed by atoms with Crippen molar-refractivity contribution in [1.82, 2.24) is 5.32 Å². The van der Waals surface area contributed by atoms with Gasteiger partial charge in [-0.3, -0.25) is 4.79 Å². The van der Waals surface area contributed by atoms with Crippen LogP contribution in [0.25, 0.3) is 0 Å². The van der Waals surface area contributed by atoms with Crippen LogP contribution in [0.15, 0.2) is 42.5 Å². The number of phenolic OH excluding ortho intramolecular Hbond substituents is 1. The van der Waals surface area contributed by atoms with Crippen LogP contribution in [0.2, 0.25) is 0 Å². The predicted molar refractivity (Wildman–Crippen MR) is 99.7 cm³/mol. The molecule has 5 nitrogen and oxygen atoms in total. The van der Waals surface area contributed by atoms with Gasteiger partial charge in [0.1, 0.15) is 5.75 Å². The van der Waals surface area contributed by atoms with Gasteiger partial charge in [0, 0.05) is 12.1 Å². The minimum absolute atomic E-state index is 0.00502. The summed E-state index contributed by atoms with van der Waals surface area (Å²) in [5.74, 6) is -0.285. The first-order chi connectivity index (χ1) is 11.9. The van der Waals surface area contributed by atoms with Crippen molar-refractivity contribution >= 4 is 24.2 Å². The smallest absolute Gasteiger partial charge is 0.274 e. The second kappa shape index (κ2) is 6.90. The molecule has 2 aromatic carbocycles. The van der Waals surface area contributed by atoms with Crippen molar-refractivity contribution in [2.24, 2.45) is 0 Å². The Bertz CT molecular complexity index is 778. The lowest BCUT2D eigenvalue weighted by Gasteiger charge is -2.28. The number of anilines is 1. The molecule has 0 saturated heterocycles. The Kier molecular flexibility index (Phi) is 4.83. The molecule has 4 N–H and O–H groups in total. The fourth-order valence-corrected chi connectivity index (χ4v) is 3.14. The third kappa shape index (κ3) is 4.03. The van der Waals surface area contributed by atoms with Gasteiger partial charge in [0.15, 0.2) is 5.81 Å². The van der Waals surface area contributed by atoms with Gasteiger partial charge in [-0.1, -0.05) is 36.4 Å². The highest BCUT2D eigenvalue weighted by Crippen LogP contribution is 2.27. The molecule has 1 aliphatic rings. The molecule has 0 spiro atoms. The van der Waals surface area contributed by atoms with E-state index in [9.17, 15) is 15.0 Å². The normalized spacial score (nSPS) is 14.6. The van der Waals surface area contributed by atoms with Crippen LogP contribution in [-0.4, -0.2) is 35.4 Å². The van der Waals surface area contributed by atoms with Crippen molar-refractivity contribution in [3.05, 3.63) is 53.6 Å². The minimum Gasteiger partial charge on any atom is -0.506 e. The van der Waals surface area contributed by atoms with Crippen molar-refractivity contribution in [1.29, 1.82) is 0 Å². The molecular weight excluding hydrogens is 315 g/mol. The van der Waals surface area contributed by atoms with E-state index in [1.807, 2.05) is 18.2 Å². The molecule has 0 saturated carbocycles. The first-order valence-corrected chi connectivity index (χ1v) is 8.34. The van der Waals surface area contributed by atoms with Gasteiger partial charge in [-0.25, -0.2) is 0 Å². The van der Waals surface area contributed by atoms with Crippen LogP contribution in [0.3, 0.4) is 0 Å². The maximum atomic E-state index is 11.6. The average molecular weight is 337 g/mol. The first kappa shape index (κ1) is 17.5. The molecule has 6 heteroatoms. The Morgan fingerprint density at radius 1 is 1.20 bits per heavy atom. The standard InChI is InChI=1S/C19H22BN2O3/c1-19(2,10-12-6-4-3-5-7-12)21-11-15(24)13-8-9-14(23)17-16(13)20-18(25)22-17/h3-9,15,21,23-24H,10-11H2,1-2H3,(H,22,25). The summed E-state index contributed by atoms with van der Waals surface area (Å²) in [6.45, 7) is 4.52. The maximum absolute atomic E-state index is 11.6. The summed E-state index contributed by atoms with van der Waals surface area (Å²) in [5.41, 5.74) is 2.57. The van der Waals surface area contributed by atoms with E-state index in [4.69, 9.17) is 0 Å². The van der Waals surface area contributed by atoms with E-state index in [1.165, 1.54) is 18.9 Å². The topological polar surface area (TPSA) is 81.6 Å². The van der Waals surface area contributed by atoms with Crippen molar-refractivity contribution in [2.45, 2.75) is 31.9 Å². The van der Waals surface area contributed by atoms with Crippen LogP contribution < -0.4 is 16.1 Å². The SMILES string of the molecule is CC(C)(Cc1ccccc1)NCC(O)c1ccc(O)c2c1[B]C(=O)N2. The van der Waals surface area contributed by atoms with Crippen LogP contribution in [0, 0.1) is 0 Å². The fraction of sp³-hybridized carbons (Fsp3) is 0.316. The number of aliphatic hydroxyl groups is 1. The van der Waals surface area contributed by atoms with Crippen LogP contribution >= 0.6 is 0 Å². The molecule has 2 aromatic rings. The molecule has 1 unspecified atom stereocenters. The third-order valence-electron chi connectivity index (χ3n) is 4.40. The summed E-state index contributed by atoms with van der Waals surface area (Å²) in [4.78, 5) is 11.6. The van der Waals surface area contributed by atoms with Crippen molar-refractivity contribution in [3.8, 4) is 5.75 Å². The van der Waals surface area contributed by atoms with Gasteiger partial charge >= 0.3 is 0 Å². The minimum atomic E-state index is -0.784. The van der Waals surface area contributed by atoms with Gasteiger partial charge in [-0.2, -0.15) is 0 Å².